The van der Waals surface area contributed by atoms with E-state index in [2.05, 4.69) is 22.5 Å². The van der Waals surface area contributed by atoms with Crippen LogP contribution in [-0.4, -0.2) is 32.8 Å². The molecule has 5 rings (SSSR count). The van der Waals surface area contributed by atoms with Gasteiger partial charge in [-0.3, -0.25) is 14.4 Å². The second-order valence-electron chi connectivity index (χ2n) is 8.83. The maximum atomic E-state index is 13.1. The fraction of sp³-hybridized carbons (Fsp3) is 0.167. The Morgan fingerprint density at radius 3 is 2.50 bits per heavy atom. The van der Waals surface area contributed by atoms with E-state index < -0.39 is 0 Å². The number of amides is 1. The van der Waals surface area contributed by atoms with Gasteiger partial charge in [0.05, 0.1) is 19.9 Å². The summed E-state index contributed by atoms with van der Waals surface area (Å²) in [5.41, 5.74) is 5.33. The number of aryl methyl sites for hydroxylation is 1. The fourth-order valence-corrected chi connectivity index (χ4v) is 4.52. The van der Waals surface area contributed by atoms with E-state index in [4.69, 9.17) is 21.7 Å². The highest BCUT2D eigenvalue weighted by molar-refractivity contribution is 7.80. The van der Waals surface area contributed by atoms with Crippen molar-refractivity contribution in [2.24, 2.45) is 0 Å². The lowest BCUT2D eigenvalue weighted by molar-refractivity contribution is -0.122. The van der Waals surface area contributed by atoms with Crippen molar-refractivity contribution in [1.82, 2.24) is 20.0 Å². The number of carbonyl (C=O) groups is 1. The van der Waals surface area contributed by atoms with Crippen molar-refractivity contribution in [3.8, 4) is 22.6 Å². The Labute approximate surface area is 227 Å². The van der Waals surface area contributed by atoms with Gasteiger partial charge in [0.15, 0.2) is 5.11 Å². The molecule has 0 aliphatic carbocycles. The lowest BCUT2D eigenvalue weighted by Gasteiger charge is -2.12. The largest absolute Gasteiger partial charge is 0.496 e. The van der Waals surface area contributed by atoms with Gasteiger partial charge >= 0.3 is 0 Å². The average Bonchev–Trinajstić information content (AvgIpc) is 3.52. The molecule has 4 aromatic rings. The molecule has 1 amide bonds. The number of carbonyl (C=O) groups excluding carboxylic acids is 1. The van der Waals surface area contributed by atoms with E-state index in [1.54, 1.807) is 24.3 Å². The Morgan fingerprint density at radius 2 is 1.79 bits per heavy atom. The minimum Gasteiger partial charge on any atom is -0.496 e. The number of rotatable bonds is 9. The fourth-order valence-electron chi connectivity index (χ4n) is 4.26. The number of hydrogen-bond donors (Lipinski definition) is 1. The summed E-state index contributed by atoms with van der Waals surface area (Å²) in [7, 11) is 1.63. The van der Waals surface area contributed by atoms with Crippen LogP contribution in [0.5, 0.6) is 11.5 Å². The van der Waals surface area contributed by atoms with Crippen LogP contribution in [0.3, 0.4) is 0 Å². The number of nitrogens with zero attached hydrogens (tertiary/aromatic N) is 3. The first-order valence-electron chi connectivity index (χ1n) is 12.3. The first-order valence-corrected chi connectivity index (χ1v) is 12.8. The molecule has 0 unspecified atom stereocenters. The van der Waals surface area contributed by atoms with Crippen molar-refractivity contribution >= 4 is 29.3 Å². The van der Waals surface area contributed by atoms with Crippen molar-refractivity contribution < 1.29 is 14.3 Å². The summed E-state index contributed by atoms with van der Waals surface area (Å²) >= 11 is 5.43. The average molecular weight is 525 g/mol. The zero-order valence-corrected chi connectivity index (χ0v) is 22.1. The Bertz CT molecular complexity index is 1480. The highest BCUT2D eigenvalue weighted by Gasteiger charge is 2.31. The summed E-state index contributed by atoms with van der Waals surface area (Å²) in [6.45, 7) is 3.47. The SMILES string of the molecule is CCn1cc(CN2C(=O)/C(=C\c3ccc(OC)c(COc4ccc(-c5ccccc5)cc4)c3)NC2=S)cn1. The van der Waals surface area contributed by atoms with Crippen LogP contribution < -0.4 is 14.8 Å². The Balaban J connectivity index is 1.28. The van der Waals surface area contributed by atoms with Crippen molar-refractivity contribution in [3.05, 3.63) is 108 Å². The van der Waals surface area contributed by atoms with E-state index >= 15 is 0 Å². The summed E-state index contributed by atoms with van der Waals surface area (Å²) in [5, 5.41) is 7.70. The Hall–Kier alpha value is -4.43. The molecular formula is C30H28N4O3S. The number of hydrogen-bond acceptors (Lipinski definition) is 5. The summed E-state index contributed by atoms with van der Waals surface area (Å²) < 4.78 is 13.4. The monoisotopic (exact) mass is 524 g/mol. The quantitative estimate of drug-likeness (QED) is 0.233. The molecule has 1 saturated heterocycles. The molecule has 0 radical (unpaired) electrons. The van der Waals surface area contributed by atoms with Crippen molar-refractivity contribution in [1.29, 1.82) is 0 Å². The van der Waals surface area contributed by atoms with Crippen LogP contribution in [0.4, 0.5) is 0 Å². The lowest BCUT2D eigenvalue weighted by atomic mass is 10.1. The van der Waals surface area contributed by atoms with Gasteiger partial charge in [-0.15, -0.1) is 0 Å². The zero-order chi connectivity index (χ0) is 26.5. The third-order valence-corrected chi connectivity index (χ3v) is 6.61. The van der Waals surface area contributed by atoms with E-state index in [9.17, 15) is 4.79 Å². The molecule has 8 heteroatoms. The van der Waals surface area contributed by atoms with Gasteiger partial charge in [0.1, 0.15) is 23.8 Å². The number of aromatic nitrogens is 2. The minimum atomic E-state index is -0.175. The summed E-state index contributed by atoms with van der Waals surface area (Å²) in [4.78, 5) is 14.6. The van der Waals surface area contributed by atoms with Gasteiger partial charge in [-0.2, -0.15) is 5.10 Å². The van der Waals surface area contributed by atoms with Gasteiger partial charge < -0.3 is 14.8 Å². The highest BCUT2D eigenvalue weighted by Crippen LogP contribution is 2.26. The van der Waals surface area contributed by atoms with E-state index in [1.165, 1.54) is 0 Å². The summed E-state index contributed by atoms with van der Waals surface area (Å²) in [6, 6.07) is 23.9. The topological polar surface area (TPSA) is 68.6 Å². The summed E-state index contributed by atoms with van der Waals surface area (Å²) in [6.07, 6.45) is 5.47. The highest BCUT2D eigenvalue weighted by atomic mass is 32.1. The van der Waals surface area contributed by atoms with Gasteiger partial charge in [-0.05, 0) is 66.2 Å². The Morgan fingerprint density at radius 1 is 1.03 bits per heavy atom. The molecule has 0 atom stereocenters. The first kappa shape index (κ1) is 25.2. The number of thiocarbonyl (C=S) groups is 1. The molecule has 2 heterocycles. The van der Waals surface area contributed by atoms with E-state index in [1.807, 2.05) is 78.5 Å². The second kappa shape index (κ2) is 11.3. The summed E-state index contributed by atoms with van der Waals surface area (Å²) in [5.74, 6) is 1.30. The molecule has 192 valence electrons. The smallest absolute Gasteiger partial charge is 0.276 e. The molecule has 1 aliphatic heterocycles. The molecule has 38 heavy (non-hydrogen) atoms. The maximum Gasteiger partial charge on any atom is 0.276 e. The maximum absolute atomic E-state index is 13.1. The zero-order valence-electron chi connectivity index (χ0n) is 21.3. The van der Waals surface area contributed by atoms with Gasteiger partial charge in [0, 0.05) is 23.9 Å². The van der Waals surface area contributed by atoms with E-state index in [0.29, 0.717) is 29.7 Å². The first-order chi connectivity index (χ1) is 18.5. The molecule has 3 aromatic carbocycles. The molecule has 0 saturated carbocycles. The third kappa shape index (κ3) is 5.60. The van der Waals surface area contributed by atoms with E-state index in [0.717, 1.165) is 40.1 Å². The second-order valence-corrected chi connectivity index (χ2v) is 9.22. The number of nitrogens with one attached hydrogen (secondary N) is 1. The van der Waals surface area contributed by atoms with Gasteiger partial charge in [-0.1, -0.05) is 48.5 Å². The van der Waals surface area contributed by atoms with Gasteiger partial charge in [0.25, 0.3) is 5.91 Å². The molecule has 0 spiro atoms. The molecule has 1 N–H and O–H groups in total. The molecular weight excluding hydrogens is 496 g/mol. The predicted molar refractivity (Wildman–Crippen MR) is 151 cm³/mol. The van der Waals surface area contributed by atoms with Crippen LogP contribution in [-0.2, 0) is 24.5 Å². The standard InChI is InChI=1S/C30H28N4O3S/c1-3-33-18-22(17-31-33)19-34-29(35)27(32-30(34)38)16-21-9-14-28(36-2)25(15-21)20-37-26-12-10-24(11-13-26)23-7-5-4-6-8-23/h4-18H,3,19-20H2,1-2H3,(H,32,38)/b27-16+. The van der Waals surface area contributed by atoms with Crippen LogP contribution in [0.25, 0.3) is 17.2 Å². The van der Waals surface area contributed by atoms with Crippen molar-refractivity contribution in [3.63, 3.8) is 0 Å². The lowest BCUT2D eigenvalue weighted by Crippen LogP contribution is -2.29. The molecule has 1 fully saturated rings. The van der Waals surface area contributed by atoms with Crippen LogP contribution >= 0.6 is 12.2 Å². The minimum absolute atomic E-state index is 0.175. The molecule has 7 nitrogen and oxygen atoms in total. The van der Waals surface area contributed by atoms with E-state index in [-0.39, 0.29) is 5.91 Å². The Kier molecular flexibility index (Phi) is 7.51. The molecule has 1 aromatic heterocycles. The predicted octanol–water partition coefficient (Wildman–Crippen LogP) is 5.42. The number of ether oxygens (including phenoxy) is 2. The normalized spacial score (nSPS) is 14.2. The van der Waals surface area contributed by atoms with Crippen molar-refractivity contribution in [2.75, 3.05) is 7.11 Å². The van der Waals surface area contributed by atoms with Crippen LogP contribution in [0, 0.1) is 0 Å². The van der Waals surface area contributed by atoms with Crippen LogP contribution in [0.15, 0.2) is 90.9 Å². The van der Waals surface area contributed by atoms with Crippen LogP contribution in [0.1, 0.15) is 23.6 Å². The molecule has 1 aliphatic rings. The number of methoxy groups -OCH3 is 1. The number of benzene rings is 3. The van der Waals surface area contributed by atoms with Gasteiger partial charge in [0.2, 0.25) is 0 Å². The van der Waals surface area contributed by atoms with Crippen molar-refractivity contribution in [2.45, 2.75) is 26.6 Å². The van der Waals surface area contributed by atoms with Crippen LogP contribution in [0.2, 0.25) is 0 Å². The third-order valence-electron chi connectivity index (χ3n) is 6.28. The molecule has 0 bridgehead atoms. The van der Waals surface area contributed by atoms with Gasteiger partial charge in [-0.25, -0.2) is 0 Å².